The van der Waals surface area contributed by atoms with E-state index < -0.39 is 11.8 Å². The Labute approximate surface area is 157 Å². The minimum absolute atomic E-state index is 0.200. The van der Waals surface area contributed by atoms with Gasteiger partial charge in [0, 0.05) is 11.6 Å². The van der Waals surface area contributed by atoms with Crippen LogP contribution in [0.2, 0.25) is 0 Å². The lowest BCUT2D eigenvalue weighted by Gasteiger charge is -2.32. The van der Waals surface area contributed by atoms with E-state index in [1.165, 1.54) is 0 Å². The van der Waals surface area contributed by atoms with Gasteiger partial charge in [-0.2, -0.15) is 5.26 Å². The summed E-state index contributed by atoms with van der Waals surface area (Å²) >= 11 is 5.40. The van der Waals surface area contributed by atoms with E-state index in [1.54, 1.807) is 0 Å². The summed E-state index contributed by atoms with van der Waals surface area (Å²) in [6.45, 7) is 1.98. The molecule has 1 amide bonds. The minimum atomic E-state index is -0.726. The molecule has 0 saturated heterocycles. The Morgan fingerprint density at radius 1 is 1.19 bits per heavy atom. The summed E-state index contributed by atoms with van der Waals surface area (Å²) in [7, 11) is 0. The highest BCUT2D eigenvalue weighted by Crippen LogP contribution is 2.36. The fraction of sp³-hybridized carbons (Fsp3) is 0.150. The molecule has 26 heavy (non-hydrogen) atoms. The second kappa shape index (κ2) is 7.38. The number of anilines is 1. The number of hydrogen-bond donors (Lipinski definition) is 3. The first-order chi connectivity index (χ1) is 12.5. The van der Waals surface area contributed by atoms with Gasteiger partial charge in [-0.25, -0.2) is 0 Å². The van der Waals surface area contributed by atoms with Gasteiger partial charge in [0.2, 0.25) is 5.91 Å². The molecule has 3 rings (SSSR count). The molecule has 0 aliphatic carbocycles. The van der Waals surface area contributed by atoms with E-state index in [0.29, 0.717) is 16.2 Å². The molecule has 1 heterocycles. The van der Waals surface area contributed by atoms with Gasteiger partial charge in [0.05, 0.1) is 16.6 Å². The largest absolute Gasteiger partial charge is 0.384 e. The van der Waals surface area contributed by atoms with Crippen LogP contribution in [0.1, 0.15) is 17.0 Å². The molecule has 0 radical (unpaired) electrons. The van der Waals surface area contributed by atoms with Crippen molar-refractivity contribution in [2.24, 2.45) is 11.7 Å². The van der Waals surface area contributed by atoms with Crippen molar-refractivity contribution < 1.29 is 4.79 Å². The standard InChI is InChI=1S/C20H18N4OS/c1-12-7-9-14(10-8-12)23-19(25)17-16(13-5-3-2-4-6-13)15(11-21)18(22)24-20(17)26/h2-10,16-17H,22H2,1H3,(H,23,25)(H,24,26)/t16-,17+/m1/s1. The second-order valence-electron chi connectivity index (χ2n) is 6.15. The van der Waals surface area contributed by atoms with E-state index in [2.05, 4.69) is 16.7 Å². The molecule has 0 saturated carbocycles. The Kier molecular flexibility index (Phi) is 5.01. The lowest BCUT2D eigenvalue weighted by Crippen LogP contribution is -2.46. The zero-order chi connectivity index (χ0) is 18.7. The number of nitrogens with two attached hydrogens (primary N) is 1. The van der Waals surface area contributed by atoms with Crippen LogP contribution in [0.3, 0.4) is 0 Å². The number of nitrogens with one attached hydrogen (secondary N) is 2. The number of nitrogens with zero attached hydrogens (tertiary/aromatic N) is 1. The van der Waals surface area contributed by atoms with Gasteiger partial charge < -0.3 is 16.4 Å². The van der Waals surface area contributed by atoms with Crippen LogP contribution in [0.5, 0.6) is 0 Å². The van der Waals surface area contributed by atoms with Crippen LogP contribution in [0.15, 0.2) is 66.0 Å². The Hall–Kier alpha value is -3.17. The molecular weight excluding hydrogens is 344 g/mol. The molecule has 0 aromatic heterocycles. The summed E-state index contributed by atoms with van der Waals surface area (Å²) in [5.74, 6) is -1.33. The molecular formula is C20H18N4OS. The molecule has 1 aliphatic rings. The van der Waals surface area contributed by atoms with Crippen LogP contribution in [0, 0.1) is 24.2 Å². The van der Waals surface area contributed by atoms with E-state index in [1.807, 2.05) is 61.5 Å². The quantitative estimate of drug-likeness (QED) is 0.730. The number of allylic oxidation sites excluding steroid dienone is 1. The average molecular weight is 362 g/mol. The van der Waals surface area contributed by atoms with Crippen molar-refractivity contribution in [1.29, 1.82) is 5.26 Å². The van der Waals surface area contributed by atoms with Crippen LogP contribution in [-0.4, -0.2) is 10.9 Å². The summed E-state index contributed by atoms with van der Waals surface area (Å²) in [5.41, 5.74) is 8.88. The van der Waals surface area contributed by atoms with E-state index in [4.69, 9.17) is 18.0 Å². The van der Waals surface area contributed by atoms with Crippen LogP contribution < -0.4 is 16.4 Å². The number of aryl methyl sites for hydroxylation is 1. The predicted molar refractivity (Wildman–Crippen MR) is 105 cm³/mol. The number of rotatable bonds is 3. The number of carbonyl (C=O) groups excluding carboxylic acids is 1. The lowest BCUT2D eigenvalue weighted by atomic mass is 9.78. The molecule has 0 fully saturated rings. The summed E-state index contributed by atoms with van der Waals surface area (Å²) in [6, 6.07) is 19.0. The number of nitriles is 1. The molecule has 0 bridgehead atoms. The SMILES string of the molecule is Cc1ccc(NC(=O)[C@H]2C(=S)NC(N)=C(C#N)[C@H]2c2ccccc2)cc1. The molecule has 130 valence electrons. The first-order valence-corrected chi connectivity index (χ1v) is 8.55. The van der Waals surface area contributed by atoms with Crippen LogP contribution in [-0.2, 0) is 4.79 Å². The zero-order valence-corrected chi connectivity index (χ0v) is 15.0. The van der Waals surface area contributed by atoms with Gasteiger partial charge in [-0.15, -0.1) is 0 Å². The topological polar surface area (TPSA) is 90.9 Å². The third-order valence-electron chi connectivity index (χ3n) is 4.36. The summed E-state index contributed by atoms with van der Waals surface area (Å²) < 4.78 is 0. The molecule has 2 aromatic carbocycles. The molecule has 0 spiro atoms. The number of thiocarbonyl (C=S) groups is 1. The van der Waals surface area contributed by atoms with Gasteiger partial charge in [-0.05, 0) is 24.6 Å². The van der Waals surface area contributed by atoms with Gasteiger partial charge in [-0.3, -0.25) is 4.79 Å². The minimum Gasteiger partial charge on any atom is -0.384 e. The molecule has 1 aliphatic heterocycles. The average Bonchev–Trinajstić information content (AvgIpc) is 2.63. The molecule has 0 unspecified atom stereocenters. The predicted octanol–water partition coefficient (Wildman–Crippen LogP) is 2.96. The van der Waals surface area contributed by atoms with Crippen molar-refractivity contribution in [3.8, 4) is 6.07 Å². The van der Waals surface area contributed by atoms with Gasteiger partial charge in [-0.1, -0.05) is 60.2 Å². The summed E-state index contributed by atoms with van der Waals surface area (Å²) in [4.78, 5) is 13.3. The maximum Gasteiger partial charge on any atom is 0.235 e. The van der Waals surface area contributed by atoms with E-state index in [0.717, 1.165) is 11.1 Å². The first-order valence-electron chi connectivity index (χ1n) is 8.14. The van der Waals surface area contributed by atoms with Crippen molar-refractivity contribution in [2.45, 2.75) is 12.8 Å². The molecule has 5 nitrogen and oxygen atoms in total. The second-order valence-corrected chi connectivity index (χ2v) is 6.59. The van der Waals surface area contributed by atoms with E-state index >= 15 is 0 Å². The Bertz CT molecular complexity index is 913. The highest BCUT2D eigenvalue weighted by atomic mass is 32.1. The van der Waals surface area contributed by atoms with E-state index in [-0.39, 0.29) is 11.7 Å². The van der Waals surface area contributed by atoms with Crippen molar-refractivity contribution in [1.82, 2.24) is 5.32 Å². The third-order valence-corrected chi connectivity index (χ3v) is 4.71. The van der Waals surface area contributed by atoms with Crippen molar-refractivity contribution in [3.63, 3.8) is 0 Å². The maximum atomic E-state index is 13.0. The van der Waals surface area contributed by atoms with Crippen LogP contribution >= 0.6 is 12.2 Å². The lowest BCUT2D eigenvalue weighted by molar-refractivity contribution is -0.118. The Morgan fingerprint density at radius 3 is 2.46 bits per heavy atom. The smallest absolute Gasteiger partial charge is 0.235 e. The summed E-state index contributed by atoms with van der Waals surface area (Å²) in [5, 5.41) is 15.3. The Balaban J connectivity index is 1.99. The van der Waals surface area contributed by atoms with Gasteiger partial charge in [0.1, 0.15) is 11.7 Å². The Morgan fingerprint density at radius 2 is 1.85 bits per heavy atom. The molecule has 4 N–H and O–H groups in total. The summed E-state index contributed by atoms with van der Waals surface area (Å²) in [6.07, 6.45) is 0. The fourth-order valence-corrected chi connectivity index (χ4v) is 3.39. The number of carbonyl (C=O) groups is 1. The van der Waals surface area contributed by atoms with Gasteiger partial charge >= 0.3 is 0 Å². The van der Waals surface area contributed by atoms with Gasteiger partial charge in [0.15, 0.2) is 0 Å². The van der Waals surface area contributed by atoms with Crippen molar-refractivity contribution in [2.75, 3.05) is 5.32 Å². The van der Waals surface area contributed by atoms with Crippen molar-refractivity contribution >= 4 is 28.8 Å². The highest BCUT2D eigenvalue weighted by molar-refractivity contribution is 7.80. The molecule has 2 atom stereocenters. The van der Waals surface area contributed by atoms with E-state index in [9.17, 15) is 10.1 Å². The van der Waals surface area contributed by atoms with Crippen LogP contribution in [0.4, 0.5) is 5.69 Å². The monoisotopic (exact) mass is 362 g/mol. The number of hydrogen-bond acceptors (Lipinski definition) is 4. The third kappa shape index (κ3) is 3.44. The first kappa shape index (κ1) is 17.6. The maximum absolute atomic E-state index is 13.0. The van der Waals surface area contributed by atoms with Gasteiger partial charge in [0.25, 0.3) is 0 Å². The molecule has 6 heteroatoms. The normalized spacial score (nSPS) is 19.5. The van der Waals surface area contributed by atoms with Crippen LogP contribution in [0.25, 0.3) is 0 Å². The highest BCUT2D eigenvalue weighted by Gasteiger charge is 2.40. The number of amides is 1. The number of benzene rings is 2. The zero-order valence-electron chi connectivity index (χ0n) is 14.2. The molecule has 2 aromatic rings. The fourth-order valence-electron chi connectivity index (χ4n) is 3.04. The van der Waals surface area contributed by atoms with Crippen molar-refractivity contribution in [3.05, 3.63) is 77.1 Å².